The van der Waals surface area contributed by atoms with Crippen molar-refractivity contribution >= 4 is 5.91 Å². The van der Waals surface area contributed by atoms with Crippen LogP contribution >= 0.6 is 0 Å². The fourth-order valence-electron chi connectivity index (χ4n) is 4.17. The zero-order valence-corrected chi connectivity index (χ0v) is 21.7. The summed E-state index contributed by atoms with van der Waals surface area (Å²) in [5.74, 6) is 0.783. The van der Waals surface area contributed by atoms with E-state index in [-0.39, 0.29) is 11.7 Å². The van der Waals surface area contributed by atoms with Gasteiger partial charge in [-0.15, -0.1) is 0 Å². The molecule has 4 rings (SSSR count). The number of rotatable bonds is 12. The van der Waals surface area contributed by atoms with Crippen LogP contribution in [0.3, 0.4) is 0 Å². The SMILES string of the molecule is Cc1cccc(COc2ccccc2CN(CCCN)C(=O)c2ccc(OCc3ccccc3)c(O)c2)c1. The van der Waals surface area contributed by atoms with E-state index in [0.717, 1.165) is 22.4 Å². The summed E-state index contributed by atoms with van der Waals surface area (Å²) in [6, 6.07) is 30.4. The number of carbonyl (C=O) groups excluding carboxylic acids is 1. The largest absolute Gasteiger partial charge is 0.504 e. The summed E-state index contributed by atoms with van der Waals surface area (Å²) in [4.78, 5) is 15.3. The molecule has 0 saturated heterocycles. The van der Waals surface area contributed by atoms with E-state index in [1.807, 2.05) is 66.7 Å². The smallest absolute Gasteiger partial charge is 0.254 e. The van der Waals surface area contributed by atoms with Gasteiger partial charge in [0.15, 0.2) is 11.5 Å². The third kappa shape index (κ3) is 7.37. The quantitative estimate of drug-likeness (QED) is 0.250. The molecule has 1 amide bonds. The number of aryl methyl sites for hydroxylation is 1. The van der Waals surface area contributed by atoms with Crippen molar-refractivity contribution in [2.45, 2.75) is 33.1 Å². The van der Waals surface area contributed by atoms with Gasteiger partial charge in [-0.25, -0.2) is 0 Å². The highest BCUT2D eigenvalue weighted by Gasteiger charge is 2.19. The molecule has 3 N–H and O–H groups in total. The van der Waals surface area contributed by atoms with Crippen LogP contribution in [0.5, 0.6) is 17.2 Å². The molecule has 6 nitrogen and oxygen atoms in total. The molecule has 38 heavy (non-hydrogen) atoms. The van der Waals surface area contributed by atoms with Gasteiger partial charge in [0.25, 0.3) is 5.91 Å². The summed E-state index contributed by atoms with van der Waals surface area (Å²) >= 11 is 0. The number of para-hydroxylation sites is 1. The van der Waals surface area contributed by atoms with E-state index in [1.54, 1.807) is 17.0 Å². The summed E-state index contributed by atoms with van der Waals surface area (Å²) in [7, 11) is 0. The van der Waals surface area contributed by atoms with Gasteiger partial charge in [-0.2, -0.15) is 0 Å². The van der Waals surface area contributed by atoms with Crippen molar-refractivity contribution in [2.24, 2.45) is 5.73 Å². The van der Waals surface area contributed by atoms with Gasteiger partial charge >= 0.3 is 0 Å². The minimum absolute atomic E-state index is 0.0764. The summed E-state index contributed by atoms with van der Waals surface area (Å²) in [6.45, 7) is 4.12. The Balaban J connectivity index is 1.47. The Morgan fingerprint density at radius 1 is 0.816 bits per heavy atom. The summed E-state index contributed by atoms with van der Waals surface area (Å²) < 4.78 is 11.9. The van der Waals surface area contributed by atoms with Crippen molar-refractivity contribution in [1.29, 1.82) is 0 Å². The van der Waals surface area contributed by atoms with E-state index in [9.17, 15) is 9.90 Å². The Morgan fingerprint density at radius 2 is 1.53 bits per heavy atom. The van der Waals surface area contributed by atoms with Crippen LogP contribution in [-0.2, 0) is 19.8 Å². The van der Waals surface area contributed by atoms with E-state index < -0.39 is 0 Å². The molecule has 0 unspecified atom stereocenters. The van der Waals surface area contributed by atoms with Crippen molar-refractivity contribution in [2.75, 3.05) is 13.1 Å². The van der Waals surface area contributed by atoms with E-state index >= 15 is 0 Å². The first-order valence-electron chi connectivity index (χ1n) is 12.8. The van der Waals surface area contributed by atoms with Gasteiger partial charge in [0.1, 0.15) is 19.0 Å². The van der Waals surface area contributed by atoms with Crippen molar-refractivity contribution in [1.82, 2.24) is 4.90 Å². The van der Waals surface area contributed by atoms with Gasteiger partial charge in [0.2, 0.25) is 0 Å². The van der Waals surface area contributed by atoms with E-state index in [2.05, 4.69) is 19.1 Å². The molecule has 0 aromatic heterocycles. The zero-order valence-electron chi connectivity index (χ0n) is 21.7. The lowest BCUT2D eigenvalue weighted by Crippen LogP contribution is -2.32. The zero-order chi connectivity index (χ0) is 26.7. The first-order valence-corrected chi connectivity index (χ1v) is 12.8. The second-order valence-corrected chi connectivity index (χ2v) is 9.21. The maximum absolute atomic E-state index is 13.5. The van der Waals surface area contributed by atoms with Crippen LogP contribution in [0.1, 0.15) is 39.0 Å². The monoisotopic (exact) mass is 510 g/mol. The number of hydrogen-bond donors (Lipinski definition) is 2. The van der Waals surface area contributed by atoms with Crippen LogP contribution in [0.15, 0.2) is 97.1 Å². The number of phenols is 1. The van der Waals surface area contributed by atoms with E-state index in [4.69, 9.17) is 15.2 Å². The van der Waals surface area contributed by atoms with Gasteiger partial charge in [-0.3, -0.25) is 4.79 Å². The Labute approximate surface area is 224 Å². The first kappa shape index (κ1) is 26.8. The van der Waals surface area contributed by atoms with Gasteiger partial charge in [-0.05, 0) is 55.3 Å². The predicted octanol–water partition coefficient (Wildman–Crippen LogP) is 5.85. The number of ether oxygens (including phenoxy) is 2. The second kappa shape index (κ2) is 13.3. The summed E-state index contributed by atoms with van der Waals surface area (Å²) in [6.07, 6.45) is 0.655. The average molecular weight is 511 g/mol. The lowest BCUT2D eigenvalue weighted by molar-refractivity contribution is 0.0740. The average Bonchev–Trinajstić information content (AvgIpc) is 2.94. The Hall–Kier alpha value is -4.29. The van der Waals surface area contributed by atoms with Gasteiger partial charge < -0.3 is 25.2 Å². The van der Waals surface area contributed by atoms with Crippen molar-refractivity contribution in [3.05, 3.63) is 125 Å². The number of hydrogen-bond acceptors (Lipinski definition) is 5. The highest BCUT2D eigenvalue weighted by Crippen LogP contribution is 2.29. The lowest BCUT2D eigenvalue weighted by Gasteiger charge is -2.24. The molecule has 0 aliphatic heterocycles. The number of nitrogens with zero attached hydrogens (tertiary/aromatic N) is 1. The van der Waals surface area contributed by atoms with E-state index in [0.29, 0.717) is 50.6 Å². The third-order valence-electron chi connectivity index (χ3n) is 6.17. The van der Waals surface area contributed by atoms with E-state index in [1.165, 1.54) is 11.6 Å². The minimum Gasteiger partial charge on any atom is -0.504 e. The fraction of sp³-hybridized carbons (Fsp3) is 0.219. The molecule has 0 saturated carbocycles. The maximum Gasteiger partial charge on any atom is 0.254 e. The summed E-state index contributed by atoms with van der Waals surface area (Å²) in [5.41, 5.74) is 10.3. The lowest BCUT2D eigenvalue weighted by atomic mass is 10.1. The Bertz CT molecular complexity index is 1340. The molecule has 0 radical (unpaired) electrons. The standard InChI is InChI=1S/C32H34N2O4/c1-24-9-7-12-26(19-24)23-37-30-14-6-5-13-28(30)21-34(18-8-17-33)32(36)27-15-16-31(29(35)20-27)38-22-25-10-3-2-4-11-25/h2-7,9-16,19-20,35H,8,17-18,21-23,33H2,1H3. The van der Waals surface area contributed by atoms with Gasteiger partial charge in [0, 0.05) is 24.2 Å². The third-order valence-corrected chi connectivity index (χ3v) is 6.17. The molecule has 0 aliphatic rings. The molecule has 6 heteroatoms. The Morgan fingerprint density at radius 3 is 2.29 bits per heavy atom. The van der Waals surface area contributed by atoms with Crippen LogP contribution in [0, 0.1) is 6.92 Å². The second-order valence-electron chi connectivity index (χ2n) is 9.21. The van der Waals surface area contributed by atoms with Crippen LogP contribution in [0.4, 0.5) is 0 Å². The molecule has 4 aromatic carbocycles. The number of phenolic OH excluding ortho intramolecular Hbond substituents is 1. The van der Waals surface area contributed by atoms with Crippen LogP contribution in [-0.4, -0.2) is 29.0 Å². The normalized spacial score (nSPS) is 10.7. The molecular formula is C32H34N2O4. The minimum atomic E-state index is -0.197. The van der Waals surface area contributed by atoms with Crippen LogP contribution < -0.4 is 15.2 Å². The molecular weight excluding hydrogens is 476 g/mol. The number of benzene rings is 4. The molecule has 0 fully saturated rings. The molecule has 0 atom stereocenters. The fourth-order valence-corrected chi connectivity index (χ4v) is 4.17. The van der Waals surface area contributed by atoms with Crippen LogP contribution in [0.25, 0.3) is 0 Å². The number of amides is 1. The highest BCUT2D eigenvalue weighted by molar-refractivity contribution is 5.95. The Kier molecular flexibility index (Phi) is 9.37. The molecule has 0 heterocycles. The van der Waals surface area contributed by atoms with Gasteiger partial charge in [-0.1, -0.05) is 78.4 Å². The molecule has 4 aromatic rings. The topological polar surface area (TPSA) is 85.0 Å². The maximum atomic E-state index is 13.5. The summed E-state index contributed by atoms with van der Waals surface area (Å²) in [5, 5.41) is 10.6. The van der Waals surface area contributed by atoms with Crippen molar-refractivity contribution in [3.8, 4) is 17.2 Å². The van der Waals surface area contributed by atoms with Crippen LogP contribution in [0.2, 0.25) is 0 Å². The number of nitrogens with two attached hydrogens (primary N) is 1. The van der Waals surface area contributed by atoms with Gasteiger partial charge in [0.05, 0.1) is 0 Å². The molecule has 0 spiro atoms. The molecule has 0 bridgehead atoms. The van der Waals surface area contributed by atoms with Crippen molar-refractivity contribution in [3.63, 3.8) is 0 Å². The molecule has 196 valence electrons. The molecule has 0 aliphatic carbocycles. The van der Waals surface area contributed by atoms with Crippen molar-refractivity contribution < 1.29 is 19.4 Å². The predicted molar refractivity (Wildman–Crippen MR) is 149 cm³/mol. The number of aromatic hydroxyl groups is 1. The number of carbonyl (C=O) groups is 1. The highest BCUT2D eigenvalue weighted by atomic mass is 16.5. The first-order chi connectivity index (χ1) is 18.5.